The van der Waals surface area contributed by atoms with Crippen molar-refractivity contribution in [2.75, 3.05) is 6.61 Å². The Morgan fingerprint density at radius 1 is 1.15 bits per heavy atom. The summed E-state index contributed by atoms with van der Waals surface area (Å²) in [5, 5.41) is 0. The van der Waals surface area contributed by atoms with E-state index in [0.29, 0.717) is 16.9 Å². The summed E-state index contributed by atoms with van der Waals surface area (Å²) in [6.45, 7) is 8.42. The lowest BCUT2D eigenvalue weighted by molar-refractivity contribution is -0.0230. The normalized spacial score (nSPS) is 57.0. The lowest BCUT2D eigenvalue weighted by Gasteiger charge is -2.38. The highest BCUT2D eigenvalue weighted by atomic mass is 16.5. The molecular formula is C12H20O. The van der Waals surface area contributed by atoms with Gasteiger partial charge in [0.15, 0.2) is 0 Å². The van der Waals surface area contributed by atoms with E-state index in [1.807, 2.05) is 0 Å². The van der Waals surface area contributed by atoms with E-state index in [9.17, 15) is 0 Å². The van der Waals surface area contributed by atoms with Crippen molar-refractivity contribution in [1.29, 1.82) is 0 Å². The Kier molecular flexibility index (Phi) is 1.36. The molecule has 3 rings (SSSR count). The number of rotatable bonds is 0. The van der Waals surface area contributed by atoms with Gasteiger partial charge in [0, 0.05) is 6.61 Å². The Labute approximate surface area is 80.8 Å². The van der Waals surface area contributed by atoms with E-state index in [-0.39, 0.29) is 0 Å². The zero-order valence-corrected chi connectivity index (χ0v) is 8.97. The van der Waals surface area contributed by atoms with Crippen LogP contribution in [-0.4, -0.2) is 12.7 Å². The number of hydrogen-bond donors (Lipinski definition) is 0. The van der Waals surface area contributed by atoms with Gasteiger partial charge in [-0.25, -0.2) is 0 Å². The second-order valence-corrected chi connectivity index (χ2v) is 6.03. The van der Waals surface area contributed by atoms with E-state index in [1.165, 1.54) is 19.3 Å². The summed E-state index contributed by atoms with van der Waals surface area (Å²) in [4.78, 5) is 0. The van der Waals surface area contributed by atoms with Crippen molar-refractivity contribution in [3.63, 3.8) is 0 Å². The Morgan fingerprint density at radius 3 is 2.62 bits per heavy atom. The Morgan fingerprint density at radius 2 is 1.92 bits per heavy atom. The molecule has 3 fully saturated rings. The van der Waals surface area contributed by atoms with Gasteiger partial charge in [0.2, 0.25) is 0 Å². The highest BCUT2D eigenvalue weighted by Gasteiger charge is 2.67. The van der Waals surface area contributed by atoms with E-state index in [1.54, 1.807) is 0 Å². The molecule has 0 aromatic heterocycles. The third-order valence-corrected chi connectivity index (χ3v) is 5.66. The molecule has 0 aromatic rings. The fourth-order valence-electron chi connectivity index (χ4n) is 4.49. The number of hydrogen-bond acceptors (Lipinski definition) is 1. The van der Waals surface area contributed by atoms with Crippen LogP contribution in [0.15, 0.2) is 0 Å². The summed E-state index contributed by atoms with van der Waals surface area (Å²) in [5.41, 5.74) is 1.02. The fourth-order valence-corrected chi connectivity index (χ4v) is 4.49. The molecule has 1 aliphatic heterocycles. The molecule has 2 aliphatic carbocycles. The van der Waals surface area contributed by atoms with Gasteiger partial charge in [0.05, 0.1) is 6.10 Å². The molecule has 0 aromatic carbocycles. The lowest BCUT2D eigenvalue weighted by atomic mass is 9.70. The molecule has 0 N–H and O–H groups in total. The SMILES string of the molecule is CC1(C)C2CCC1(C)C1OCCC21. The van der Waals surface area contributed by atoms with Gasteiger partial charge in [-0.3, -0.25) is 0 Å². The topological polar surface area (TPSA) is 9.23 Å². The summed E-state index contributed by atoms with van der Waals surface area (Å²) >= 11 is 0. The van der Waals surface area contributed by atoms with Crippen LogP contribution in [0.3, 0.4) is 0 Å². The Bertz CT molecular complexity index is 244. The quantitative estimate of drug-likeness (QED) is 0.557. The molecule has 0 spiro atoms. The summed E-state index contributed by atoms with van der Waals surface area (Å²) in [7, 11) is 0. The molecular weight excluding hydrogens is 160 g/mol. The minimum absolute atomic E-state index is 0.485. The van der Waals surface area contributed by atoms with E-state index in [0.717, 1.165) is 18.4 Å². The first-order chi connectivity index (χ1) is 6.07. The maximum absolute atomic E-state index is 5.95. The Balaban J connectivity index is 2.07. The molecule has 1 nitrogen and oxygen atoms in total. The van der Waals surface area contributed by atoms with Gasteiger partial charge in [-0.1, -0.05) is 20.8 Å². The third kappa shape index (κ3) is 0.707. The highest BCUT2D eigenvalue weighted by Crippen LogP contribution is 2.70. The monoisotopic (exact) mass is 180 g/mol. The predicted octanol–water partition coefficient (Wildman–Crippen LogP) is 2.85. The molecule has 4 atom stereocenters. The zero-order valence-electron chi connectivity index (χ0n) is 8.97. The average molecular weight is 180 g/mol. The van der Waals surface area contributed by atoms with Crippen molar-refractivity contribution in [2.45, 2.75) is 46.1 Å². The standard InChI is InChI=1S/C12H20O/c1-11(2)9-4-6-12(11,3)10-8(9)5-7-13-10/h8-10H,4-7H2,1-3H3. The molecule has 3 aliphatic rings. The van der Waals surface area contributed by atoms with Crippen LogP contribution >= 0.6 is 0 Å². The Hall–Kier alpha value is -0.0400. The van der Waals surface area contributed by atoms with Gasteiger partial charge in [-0.05, 0) is 41.9 Å². The van der Waals surface area contributed by atoms with Gasteiger partial charge in [-0.15, -0.1) is 0 Å². The van der Waals surface area contributed by atoms with Crippen LogP contribution in [0.5, 0.6) is 0 Å². The highest BCUT2D eigenvalue weighted by molar-refractivity contribution is 5.16. The number of fused-ring (bicyclic) bond motifs is 5. The number of ether oxygens (including phenoxy) is 1. The third-order valence-electron chi connectivity index (χ3n) is 5.66. The van der Waals surface area contributed by atoms with Crippen LogP contribution < -0.4 is 0 Å². The smallest absolute Gasteiger partial charge is 0.0665 e. The van der Waals surface area contributed by atoms with Gasteiger partial charge in [0.1, 0.15) is 0 Å². The van der Waals surface area contributed by atoms with E-state index < -0.39 is 0 Å². The molecule has 13 heavy (non-hydrogen) atoms. The van der Waals surface area contributed by atoms with Crippen molar-refractivity contribution in [3.05, 3.63) is 0 Å². The predicted molar refractivity (Wildman–Crippen MR) is 52.5 cm³/mol. The van der Waals surface area contributed by atoms with Crippen LogP contribution in [0.4, 0.5) is 0 Å². The first-order valence-electron chi connectivity index (χ1n) is 5.69. The zero-order chi connectivity index (χ0) is 9.27. The molecule has 1 saturated heterocycles. The molecule has 2 saturated carbocycles. The van der Waals surface area contributed by atoms with Crippen LogP contribution in [0.25, 0.3) is 0 Å². The van der Waals surface area contributed by atoms with Crippen LogP contribution in [0, 0.1) is 22.7 Å². The fraction of sp³-hybridized carbons (Fsp3) is 1.00. The summed E-state index contributed by atoms with van der Waals surface area (Å²) < 4.78 is 5.95. The lowest BCUT2D eigenvalue weighted by Crippen LogP contribution is -2.36. The molecule has 1 heterocycles. The van der Waals surface area contributed by atoms with E-state index in [4.69, 9.17) is 4.74 Å². The average Bonchev–Trinajstić information content (AvgIpc) is 2.63. The maximum atomic E-state index is 5.95. The maximum Gasteiger partial charge on any atom is 0.0665 e. The van der Waals surface area contributed by atoms with Crippen LogP contribution in [-0.2, 0) is 4.74 Å². The second kappa shape index (κ2) is 2.13. The molecule has 0 amide bonds. The van der Waals surface area contributed by atoms with E-state index in [2.05, 4.69) is 20.8 Å². The molecule has 4 unspecified atom stereocenters. The van der Waals surface area contributed by atoms with Crippen molar-refractivity contribution < 1.29 is 4.74 Å². The van der Waals surface area contributed by atoms with Gasteiger partial charge in [0.25, 0.3) is 0 Å². The summed E-state index contributed by atoms with van der Waals surface area (Å²) in [5.74, 6) is 1.85. The van der Waals surface area contributed by atoms with Crippen molar-refractivity contribution in [1.82, 2.24) is 0 Å². The minimum atomic E-state index is 0.485. The molecule has 0 radical (unpaired) electrons. The second-order valence-electron chi connectivity index (χ2n) is 6.03. The van der Waals surface area contributed by atoms with Crippen molar-refractivity contribution in [3.8, 4) is 0 Å². The van der Waals surface area contributed by atoms with Gasteiger partial charge in [-0.2, -0.15) is 0 Å². The first kappa shape index (κ1) is 8.28. The first-order valence-corrected chi connectivity index (χ1v) is 5.69. The minimum Gasteiger partial charge on any atom is -0.377 e. The van der Waals surface area contributed by atoms with Gasteiger partial charge < -0.3 is 4.74 Å². The van der Waals surface area contributed by atoms with Crippen molar-refractivity contribution >= 4 is 0 Å². The summed E-state index contributed by atoms with van der Waals surface area (Å²) in [6.07, 6.45) is 4.77. The van der Waals surface area contributed by atoms with Crippen LogP contribution in [0.1, 0.15) is 40.0 Å². The van der Waals surface area contributed by atoms with Gasteiger partial charge >= 0.3 is 0 Å². The summed E-state index contributed by atoms with van der Waals surface area (Å²) in [6, 6.07) is 0. The van der Waals surface area contributed by atoms with Crippen LogP contribution in [0.2, 0.25) is 0 Å². The van der Waals surface area contributed by atoms with E-state index >= 15 is 0 Å². The molecule has 1 heteroatoms. The largest absolute Gasteiger partial charge is 0.377 e. The molecule has 2 bridgehead atoms. The molecule has 74 valence electrons. The van der Waals surface area contributed by atoms with Crippen molar-refractivity contribution in [2.24, 2.45) is 22.7 Å².